The van der Waals surface area contributed by atoms with Crippen LogP contribution in [-0.2, 0) is 23.7 Å². The quantitative estimate of drug-likeness (QED) is 0.575. The monoisotopic (exact) mass is 252 g/mol. The first-order valence-electron chi connectivity index (χ1n) is 5.40. The molecule has 0 radical (unpaired) electrons. The number of hydrogen-bond donors (Lipinski definition) is 1. The van der Waals surface area contributed by atoms with E-state index in [1.165, 1.54) is 21.3 Å². The molecule has 4 atom stereocenters. The molecule has 0 aromatic heterocycles. The second kappa shape index (κ2) is 9.76. The minimum absolute atomic E-state index is 0.168. The van der Waals surface area contributed by atoms with Crippen molar-refractivity contribution in [3.8, 4) is 0 Å². The first kappa shape index (κ1) is 16.8. The molecular formula is C11H24O6. The van der Waals surface area contributed by atoms with Crippen molar-refractivity contribution in [1.82, 2.24) is 0 Å². The predicted molar refractivity (Wildman–Crippen MR) is 62.1 cm³/mol. The van der Waals surface area contributed by atoms with E-state index >= 15 is 0 Å². The van der Waals surface area contributed by atoms with Crippen LogP contribution in [0, 0.1) is 0 Å². The van der Waals surface area contributed by atoms with Crippen LogP contribution in [0.1, 0.15) is 0 Å². The van der Waals surface area contributed by atoms with E-state index in [0.29, 0.717) is 6.61 Å². The van der Waals surface area contributed by atoms with E-state index in [1.54, 1.807) is 14.2 Å². The minimum Gasteiger partial charge on any atom is -0.388 e. The summed E-state index contributed by atoms with van der Waals surface area (Å²) in [6.07, 6.45) is -2.08. The number of rotatable bonds is 10. The Hall–Kier alpha value is -0.240. The molecule has 17 heavy (non-hydrogen) atoms. The van der Waals surface area contributed by atoms with E-state index in [0.717, 1.165) is 0 Å². The summed E-state index contributed by atoms with van der Waals surface area (Å²) >= 11 is 0. The van der Waals surface area contributed by atoms with Crippen molar-refractivity contribution in [2.24, 2.45) is 0 Å². The average molecular weight is 252 g/mol. The van der Waals surface area contributed by atoms with E-state index in [2.05, 4.69) is 0 Å². The van der Waals surface area contributed by atoms with Gasteiger partial charge in [0.15, 0.2) is 0 Å². The fourth-order valence-electron chi connectivity index (χ4n) is 1.73. The number of ether oxygens (including phenoxy) is 5. The highest BCUT2D eigenvalue weighted by molar-refractivity contribution is 4.84. The van der Waals surface area contributed by atoms with Crippen molar-refractivity contribution in [2.45, 2.75) is 24.4 Å². The van der Waals surface area contributed by atoms with Crippen LogP contribution < -0.4 is 0 Å². The summed E-state index contributed by atoms with van der Waals surface area (Å²) in [5.74, 6) is 0. The second-order valence-corrected chi connectivity index (χ2v) is 3.65. The smallest absolute Gasteiger partial charge is 0.114 e. The van der Waals surface area contributed by atoms with Gasteiger partial charge < -0.3 is 28.8 Å². The van der Waals surface area contributed by atoms with Crippen molar-refractivity contribution in [1.29, 1.82) is 0 Å². The Balaban J connectivity index is 4.64. The minimum atomic E-state index is -0.788. The van der Waals surface area contributed by atoms with Gasteiger partial charge in [-0.25, -0.2) is 0 Å². The van der Waals surface area contributed by atoms with E-state index in [1.807, 2.05) is 0 Å². The Kier molecular flexibility index (Phi) is 9.62. The van der Waals surface area contributed by atoms with Crippen molar-refractivity contribution in [2.75, 3.05) is 48.8 Å². The highest BCUT2D eigenvalue weighted by Crippen LogP contribution is 2.15. The third-order valence-corrected chi connectivity index (χ3v) is 2.58. The van der Waals surface area contributed by atoms with Gasteiger partial charge in [-0.05, 0) is 0 Å². The molecule has 0 saturated heterocycles. The zero-order valence-electron chi connectivity index (χ0n) is 11.2. The summed E-state index contributed by atoms with van der Waals surface area (Å²) in [7, 11) is 7.70. The fourth-order valence-corrected chi connectivity index (χ4v) is 1.73. The van der Waals surface area contributed by atoms with Gasteiger partial charge in [-0.1, -0.05) is 0 Å². The summed E-state index contributed by atoms with van der Waals surface area (Å²) in [5, 5.41) is 9.90. The molecule has 1 N–H and O–H groups in total. The van der Waals surface area contributed by atoms with Crippen LogP contribution in [0.2, 0.25) is 0 Å². The lowest BCUT2D eigenvalue weighted by Gasteiger charge is -2.33. The summed E-state index contributed by atoms with van der Waals surface area (Å²) in [5.41, 5.74) is 0. The summed E-state index contributed by atoms with van der Waals surface area (Å²) < 4.78 is 25.8. The van der Waals surface area contributed by atoms with Crippen LogP contribution in [0.4, 0.5) is 0 Å². The SMILES string of the molecule is COC[C@@H](O)[C@@H](OC)[C@H](OC)[C@@H](COC)OC. The van der Waals surface area contributed by atoms with Crippen LogP contribution >= 0.6 is 0 Å². The van der Waals surface area contributed by atoms with Gasteiger partial charge in [0.25, 0.3) is 0 Å². The summed E-state index contributed by atoms with van der Waals surface area (Å²) in [6.45, 7) is 0.524. The topological polar surface area (TPSA) is 66.4 Å². The molecule has 0 bridgehead atoms. The molecule has 0 unspecified atom stereocenters. The largest absolute Gasteiger partial charge is 0.388 e. The van der Waals surface area contributed by atoms with Gasteiger partial charge in [0.2, 0.25) is 0 Å². The molecule has 6 heteroatoms. The predicted octanol–water partition coefficient (Wildman–Crippen LogP) is -0.315. The maximum absolute atomic E-state index is 9.90. The zero-order valence-corrected chi connectivity index (χ0v) is 11.2. The van der Waals surface area contributed by atoms with E-state index in [9.17, 15) is 5.11 Å². The zero-order chi connectivity index (χ0) is 13.3. The van der Waals surface area contributed by atoms with Crippen molar-refractivity contribution in [3.63, 3.8) is 0 Å². The normalized spacial score (nSPS) is 18.7. The molecule has 104 valence electrons. The maximum atomic E-state index is 9.90. The Morgan fingerprint density at radius 1 is 0.765 bits per heavy atom. The molecule has 0 amide bonds. The fraction of sp³-hybridized carbons (Fsp3) is 1.00. The molecule has 6 nitrogen and oxygen atoms in total. The van der Waals surface area contributed by atoms with Gasteiger partial charge in [-0.15, -0.1) is 0 Å². The lowest BCUT2D eigenvalue weighted by Crippen LogP contribution is -2.50. The Morgan fingerprint density at radius 2 is 1.29 bits per heavy atom. The molecule has 0 aliphatic heterocycles. The van der Waals surface area contributed by atoms with Gasteiger partial charge in [-0.3, -0.25) is 0 Å². The first-order valence-corrected chi connectivity index (χ1v) is 5.40. The average Bonchev–Trinajstić information content (AvgIpc) is 2.33. The Bertz CT molecular complexity index is 177. The molecule has 0 spiro atoms. The lowest BCUT2D eigenvalue weighted by atomic mass is 10.0. The van der Waals surface area contributed by atoms with Crippen molar-refractivity contribution >= 4 is 0 Å². The third-order valence-electron chi connectivity index (χ3n) is 2.58. The van der Waals surface area contributed by atoms with E-state index < -0.39 is 18.3 Å². The lowest BCUT2D eigenvalue weighted by molar-refractivity contribution is -0.160. The van der Waals surface area contributed by atoms with E-state index in [4.69, 9.17) is 23.7 Å². The maximum Gasteiger partial charge on any atom is 0.114 e. The number of hydrogen-bond acceptors (Lipinski definition) is 6. The van der Waals surface area contributed by atoms with Gasteiger partial charge in [0.1, 0.15) is 24.4 Å². The molecule has 0 saturated carbocycles. The van der Waals surface area contributed by atoms with Gasteiger partial charge >= 0.3 is 0 Å². The Labute approximate surface area is 103 Å². The molecule has 0 aromatic carbocycles. The first-order chi connectivity index (χ1) is 8.15. The van der Waals surface area contributed by atoms with Crippen molar-refractivity contribution < 1.29 is 28.8 Å². The highest BCUT2D eigenvalue weighted by atomic mass is 16.6. The third kappa shape index (κ3) is 5.29. The standard InChI is InChI=1S/C11H24O6/c1-13-6-8(12)10(16-4)11(17-5)9(15-3)7-14-2/h8-12H,6-7H2,1-5H3/t8-,9-,10-,11-/m1/s1. The molecule has 0 heterocycles. The van der Waals surface area contributed by atoms with Crippen LogP contribution in [-0.4, -0.2) is 78.3 Å². The van der Waals surface area contributed by atoms with Crippen LogP contribution in [0.25, 0.3) is 0 Å². The van der Waals surface area contributed by atoms with Crippen molar-refractivity contribution in [3.05, 3.63) is 0 Å². The van der Waals surface area contributed by atoms with Crippen LogP contribution in [0.5, 0.6) is 0 Å². The molecule has 0 aliphatic carbocycles. The molecule has 0 rings (SSSR count). The van der Waals surface area contributed by atoms with Crippen LogP contribution in [0.15, 0.2) is 0 Å². The highest BCUT2D eigenvalue weighted by Gasteiger charge is 2.34. The summed E-state index contributed by atoms with van der Waals surface area (Å²) in [6, 6.07) is 0. The molecule has 0 aliphatic rings. The van der Waals surface area contributed by atoms with Gasteiger partial charge in [0, 0.05) is 35.5 Å². The molecule has 0 aromatic rings. The number of aliphatic hydroxyl groups is 1. The van der Waals surface area contributed by atoms with Gasteiger partial charge in [0.05, 0.1) is 13.2 Å². The number of aliphatic hydroxyl groups excluding tert-OH is 1. The Morgan fingerprint density at radius 3 is 1.65 bits per heavy atom. The summed E-state index contributed by atoms with van der Waals surface area (Å²) in [4.78, 5) is 0. The number of methoxy groups -OCH3 is 5. The molecule has 0 fully saturated rings. The van der Waals surface area contributed by atoms with E-state index in [-0.39, 0.29) is 12.7 Å². The second-order valence-electron chi connectivity index (χ2n) is 3.65. The molecular weight excluding hydrogens is 228 g/mol. The van der Waals surface area contributed by atoms with Crippen LogP contribution in [0.3, 0.4) is 0 Å². The van der Waals surface area contributed by atoms with Gasteiger partial charge in [-0.2, -0.15) is 0 Å².